The lowest BCUT2D eigenvalue weighted by molar-refractivity contribution is -0.114. The average Bonchev–Trinajstić information content (AvgIpc) is 3.37. The van der Waals surface area contributed by atoms with Crippen molar-refractivity contribution >= 4 is 23.2 Å². The van der Waals surface area contributed by atoms with E-state index in [0.29, 0.717) is 23.5 Å². The molecule has 2 amide bonds. The van der Waals surface area contributed by atoms with Gasteiger partial charge < -0.3 is 25.4 Å². The van der Waals surface area contributed by atoms with Crippen LogP contribution in [0, 0.1) is 0 Å². The molecule has 170 valence electrons. The highest BCUT2D eigenvalue weighted by molar-refractivity contribution is 5.95. The third kappa shape index (κ3) is 6.82. The van der Waals surface area contributed by atoms with Crippen LogP contribution in [0.3, 0.4) is 0 Å². The molecule has 4 rings (SSSR count). The molecule has 0 spiro atoms. The minimum absolute atomic E-state index is 0.104. The van der Waals surface area contributed by atoms with E-state index in [1.165, 1.54) is 0 Å². The normalized spacial score (nSPS) is 15.0. The lowest BCUT2D eigenvalue weighted by Gasteiger charge is -2.11. The van der Waals surface area contributed by atoms with Crippen LogP contribution in [0.15, 0.2) is 78.9 Å². The summed E-state index contributed by atoms with van der Waals surface area (Å²) in [5, 5.41) is 8.80. The number of carbonyl (C=O) groups is 2. The lowest BCUT2D eigenvalue weighted by Crippen LogP contribution is -2.31. The molecule has 7 nitrogen and oxygen atoms in total. The summed E-state index contributed by atoms with van der Waals surface area (Å²) in [4.78, 5) is 24.5. The SMILES string of the molecule is O=C(CNc1ccc(C(=O)NCC2CCCO2)cc1)Nc1ccc(Oc2ccccc2)cc1. The zero-order valence-corrected chi connectivity index (χ0v) is 18.3. The van der Waals surface area contributed by atoms with E-state index in [0.717, 1.165) is 30.9 Å². The Labute approximate surface area is 193 Å². The molecule has 0 radical (unpaired) electrons. The maximum Gasteiger partial charge on any atom is 0.251 e. The highest BCUT2D eigenvalue weighted by Gasteiger charge is 2.16. The number of anilines is 2. The number of rotatable bonds is 9. The van der Waals surface area contributed by atoms with E-state index in [4.69, 9.17) is 9.47 Å². The van der Waals surface area contributed by atoms with Gasteiger partial charge in [0.05, 0.1) is 12.6 Å². The number of para-hydroxylation sites is 1. The van der Waals surface area contributed by atoms with E-state index in [2.05, 4.69) is 16.0 Å². The van der Waals surface area contributed by atoms with Gasteiger partial charge in [-0.15, -0.1) is 0 Å². The van der Waals surface area contributed by atoms with E-state index in [-0.39, 0.29) is 24.5 Å². The minimum atomic E-state index is -0.176. The van der Waals surface area contributed by atoms with Crippen LogP contribution in [0.5, 0.6) is 11.5 Å². The summed E-state index contributed by atoms with van der Waals surface area (Å²) in [6.45, 7) is 1.40. The van der Waals surface area contributed by atoms with Crippen LogP contribution in [0.2, 0.25) is 0 Å². The molecule has 7 heteroatoms. The predicted molar refractivity (Wildman–Crippen MR) is 128 cm³/mol. The van der Waals surface area contributed by atoms with Crippen molar-refractivity contribution in [3.63, 3.8) is 0 Å². The summed E-state index contributed by atoms with van der Waals surface area (Å²) in [6.07, 6.45) is 2.14. The Balaban J connectivity index is 1.20. The number of hydrogen-bond donors (Lipinski definition) is 3. The van der Waals surface area contributed by atoms with Gasteiger partial charge in [0, 0.05) is 30.1 Å². The van der Waals surface area contributed by atoms with Gasteiger partial charge in [0.2, 0.25) is 5.91 Å². The van der Waals surface area contributed by atoms with Gasteiger partial charge in [-0.3, -0.25) is 9.59 Å². The van der Waals surface area contributed by atoms with Crippen molar-refractivity contribution in [2.75, 3.05) is 30.3 Å². The van der Waals surface area contributed by atoms with E-state index in [9.17, 15) is 9.59 Å². The molecule has 0 aliphatic carbocycles. The molecule has 3 aromatic rings. The van der Waals surface area contributed by atoms with Crippen molar-refractivity contribution < 1.29 is 19.1 Å². The second-order valence-electron chi connectivity index (χ2n) is 7.76. The van der Waals surface area contributed by atoms with Crippen LogP contribution in [0.25, 0.3) is 0 Å². The zero-order chi connectivity index (χ0) is 22.9. The Hall–Kier alpha value is -3.84. The fourth-order valence-electron chi connectivity index (χ4n) is 3.47. The second kappa shape index (κ2) is 11.2. The fourth-order valence-corrected chi connectivity index (χ4v) is 3.47. The Morgan fingerprint density at radius 3 is 2.27 bits per heavy atom. The van der Waals surface area contributed by atoms with E-state index < -0.39 is 0 Å². The van der Waals surface area contributed by atoms with Crippen LogP contribution < -0.4 is 20.7 Å². The number of amides is 2. The average molecular weight is 446 g/mol. The van der Waals surface area contributed by atoms with Gasteiger partial charge in [0.15, 0.2) is 0 Å². The first-order valence-electron chi connectivity index (χ1n) is 11.0. The van der Waals surface area contributed by atoms with Crippen molar-refractivity contribution in [3.8, 4) is 11.5 Å². The van der Waals surface area contributed by atoms with Crippen LogP contribution in [0.4, 0.5) is 11.4 Å². The number of hydrogen-bond acceptors (Lipinski definition) is 5. The van der Waals surface area contributed by atoms with Crippen molar-refractivity contribution in [3.05, 3.63) is 84.4 Å². The number of benzene rings is 3. The Morgan fingerprint density at radius 2 is 1.58 bits per heavy atom. The highest BCUT2D eigenvalue weighted by atomic mass is 16.5. The quantitative estimate of drug-likeness (QED) is 0.453. The standard InChI is InChI=1S/C26H27N3O4/c30-25(29-21-12-14-23(15-13-21)33-22-5-2-1-3-6-22)18-27-20-10-8-19(9-11-20)26(31)28-17-24-7-4-16-32-24/h1-3,5-6,8-15,24,27H,4,7,16-18H2,(H,28,31)(H,29,30). The first-order valence-corrected chi connectivity index (χ1v) is 11.0. The maximum atomic E-state index is 12.3. The summed E-state index contributed by atoms with van der Waals surface area (Å²) < 4.78 is 11.3. The third-order valence-corrected chi connectivity index (χ3v) is 5.23. The van der Waals surface area contributed by atoms with Crippen molar-refractivity contribution in [2.45, 2.75) is 18.9 Å². The summed E-state index contributed by atoms with van der Waals surface area (Å²) in [5.41, 5.74) is 2.01. The van der Waals surface area contributed by atoms with Crippen molar-refractivity contribution in [1.29, 1.82) is 0 Å². The Bertz CT molecular complexity index is 1050. The van der Waals surface area contributed by atoms with Crippen LogP contribution in [-0.4, -0.2) is 37.6 Å². The number of ether oxygens (including phenoxy) is 2. The molecular weight excluding hydrogens is 418 g/mol. The van der Waals surface area contributed by atoms with Gasteiger partial charge in [0.25, 0.3) is 5.91 Å². The molecule has 33 heavy (non-hydrogen) atoms. The molecule has 1 heterocycles. The van der Waals surface area contributed by atoms with Gasteiger partial charge in [-0.25, -0.2) is 0 Å². The largest absolute Gasteiger partial charge is 0.457 e. The zero-order valence-electron chi connectivity index (χ0n) is 18.3. The lowest BCUT2D eigenvalue weighted by atomic mass is 10.2. The van der Waals surface area contributed by atoms with Gasteiger partial charge in [-0.05, 0) is 73.5 Å². The number of nitrogens with one attached hydrogen (secondary N) is 3. The van der Waals surface area contributed by atoms with Crippen LogP contribution >= 0.6 is 0 Å². The molecule has 1 aliphatic heterocycles. The third-order valence-electron chi connectivity index (χ3n) is 5.23. The summed E-state index contributed by atoms with van der Waals surface area (Å²) in [5.74, 6) is 1.14. The van der Waals surface area contributed by atoms with Crippen molar-refractivity contribution in [1.82, 2.24) is 5.32 Å². The number of carbonyl (C=O) groups excluding carboxylic acids is 2. The minimum Gasteiger partial charge on any atom is -0.457 e. The monoisotopic (exact) mass is 445 g/mol. The molecule has 0 bridgehead atoms. The van der Waals surface area contributed by atoms with Gasteiger partial charge in [-0.1, -0.05) is 18.2 Å². The molecule has 3 N–H and O–H groups in total. The molecule has 1 unspecified atom stereocenters. The molecule has 0 aromatic heterocycles. The Morgan fingerprint density at radius 1 is 0.879 bits per heavy atom. The van der Waals surface area contributed by atoms with E-state index >= 15 is 0 Å². The second-order valence-corrected chi connectivity index (χ2v) is 7.76. The van der Waals surface area contributed by atoms with Gasteiger partial charge in [-0.2, -0.15) is 0 Å². The Kier molecular flexibility index (Phi) is 7.56. The fraction of sp³-hybridized carbons (Fsp3) is 0.231. The molecule has 1 atom stereocenters. The first-order chi connectivity index (χ1) is 16.2. The molecule has 1 aliphatic rings. The summed E-state index contributed by atoms with van der Waals surface area (Å²) >= 11 is 0. The van der Waals surface area contributed by atoms with E-state index in [1.807, 2.05) is 30.3 Å². The smallest absolute Gasteiger partial charge is 0.251 e. The molecule has 1 fully saturated rings. The maximum absolute atomic E-state index is 12.3. The van der Waals surface area contributed by atoms with Crippen LogP contribution in [0.1, 0.15) is 23.2 Å². The highest BCUT2D eigenvalue weighted by Crippen LogP contribution is 2.22. The molecular formula is C26H27N3O4. The topological polar surface area (TPSA) is 88.7 Å². The van der Waals surface area contributed by atoms with Gasteiger partial charge >= 0.3 is 0 Å². The van der Waals surface area contributed by atoms with E-state index in [1.54, 1.807) is 48.5 Å². The molecule has 3 aromatic carbocycles. The summed E-state index contributed by atoms with van der Waals surface area (Å²) in [6, 6.07) is 23.7. The van der Waals surface area contributed by atoms with Gasteiger partial charge in [0.1, 0.15) is 11.5 Å². The molecule has 0 saturated carbocycles. The van der Waals surface area contributed by atoms with Crippen LogP contribution in [-0.2, 0) is 9.53 Å². The van der Waals surface area contributed by atoms with Crippen molar-refractivity contribution in [2.24, 2.45) is 0 Å². The summed E-state index contributed by atoms with van der Waals surface area (Å²) in [7, 11) is 0. The molecule has 1 saturated heterocycles. The predicted octanol–water partition coefficient (Wildman–Crippen LogP) is 4.44. The first kappa shape index (κ1) is 22.4.